The minimum atomic E-state index is -0.341. The Balaban J connectivity index is 2.39. The van der Waals surface area contributed by atoms with Gasteiger partial charge in [-0.1, -0.05) is 0 Å². The first-order valence-corrected chi connectivity index (χ1v) is 5.41. The number of benzene rings is 1. The second kappa shape index (κ2) is 4.70. The van der Waals surface area contributed by atoms with Crippen LogP contribution in [-0.2, 0) is 0 Å². The molecule has 0 spiro atoms. The van der Waals surface area contributed by atoms with Gasteiger partial charge >= 0.3 is 0 Å². The molecular weight excluding hydrogens is 209 g/mol. The smallest absolute Gasteiger partial charge is 0.165 e. The van der Waals surface area contributed by atoms with Gasteiger partial charge in [0.2, 0.25) is 0 Å². The van der Waals surface area contributed by atoms with Gasteiger partial charge in [-0.05, 0) is 25.5 Å². The van der Waals surface area contributed by atoms with Crippen LogP contribution in [0.4, 0.5) is 4.39 Å². The normalized spacial score (nSPS) is 19.8. The summed E-state index contributed by atoms with van der Waals surface area (Å²) in [6.07, 6.45) is 2.13. The van der Waals surface area contributed by atoms with Crippen LogP contribution in [0.1, 0.15) is 24.4 Å². The van der Waals surface area contributed by atoms with Crippen LogP contribution in [0.5, 0.6) is 11.5 Å². The van der Waals surface area contributed by atoms with Crippen molar-refractivity contribution in [1.82, 2.24) is 5.32 Å². The average molecular weight is 225 g/mol. The summed E-state index contributed by atoms with van der Waals surface area (Å²) >= 11 is 0. The number of halogens is 1. The Morgan fingerprint density at radius 3 is 2.56 bits per heavy atom. The Kier molecular flexibility index (Phi) is 3.29. The molecule has 1 heterocycles. The maximum Gasteiger partial charge on any atom is 0.165 e. The summed E-state index contributed by atoms with van der Waals surface area (Å²) in [6, 6.07) is 3.29. The van der Waals surface area contributed by atoms with Gasteiger partial charge in [0, 0.05) is 17.7 Å². The van der Waals surface area contributed by atoms with E-state index in [4.69, 9.17) is 9.47 Å². The molecule has 0 bridgehead atoms. The molecule has 1 fully saturated rings. The number of hydrogen-bond donors (Lipinski definition) is 1. The molecule has 3 nitrogen and oxygen atoms in total. The lowest BCUT2D eigenvalue weighted by atomic mass is 10.0. The predicted octanol–water partition coefficient (Wildman–Crippen LogP) is 2.27. The second-order valence-corrected chi connectivity index (χ2v) is 3.88. The second-order valence-electron chi connectivity index (χ2n) is 3.88. The maximum absolute atomic E-state index is 13.6. The molecule has 88 valence electrons. The lowest BCUT2D eigenvalue weighted by Gasteiger charge is -2.16. The van der Waals surface area contributed by atoms with Gasteiger partial charge in [0.05, 0.1) is 14.2 Å². The van der Waals surface area contributed by atoms with E-state index in [-0.39, 0.29) is 17.6 Å². The zero-order valence-electron chi connectivity index (χ0n) is 9.55. The molecule has 1 atom stereocenters. The minimum Gasteiger partial charge on any atom is -0.496 e. The summed E-state index contributed by atoms with van der Waals surface area (Å²) < 4.78 is 23.8. The van der Waals surface area contributed by atoms with Crippen molar-refractivity contribution in [2.45, 2.75) is 18.9 Å². The molecule has 1 N–H and O–H groups in total. The molecule has 0 aromatic heterocycles. The van der Waals surface area contributed by atoms with E-state index in [2.05, 4.69) is 5.32 Å². The Morgan fingerprint density at radius 2 is 2.00 bits per heavy atom. The summed E-state index contributed by atoms with van der Waals surface area (Å²) in [5, 5.41) is 3.32. The van der Waals surface area contributed by atoms with Crippen molar-refractivity contribution in [2.75, 3.05) is 20.8 Å². The third-order valence-electron chi connectivity index (χ3n) is 2.94. The van der Waals surface area contributed by atoms with Crippen molar-refractivity contribution in [1.29, 1.82) is 0 Å². The third kappa shape index (κ3) is 1.97. The first kappa shape index (κ1) is 11.2. The van der Waals surface area contributed by atoms with Crippen LogP contribution in [0.3, 0.4) is 0 Å². The zero-order chi connectivity index (χ0) is 11.5. The van der Waals surface area contributed by atoms with Crippen LogP contribution < -0.4 is 14.8 Å². The van der Waals surface area contributed by atoms with Crippen LogP contribution in [0.25, 0.3) is 0 Å². The van der Waals surface area contributed by atoms with E-state index >= 15 is 0 Å². The summed E-state index contributed by atoms with van der Waals surface area (Å²) in [7, 11) is 3.04. The van der Waals surface area contributed by atoms with Crippen LogP contribution >= 0.6 is 0 Å². The van der Waals surface area contributed by atoms with Crippen LogP contribution in [0.15, 0.2) is 12.1 Å². The van der Waals surface area contributed by atoms with Gasteiger partial charge in [0.25, 0.3) is 0 Å². The molecule has 0 saturated carbocycles. The van der Waals surface area contributed by atoms with Crippen molar-refractivity contribution in [3.05, 3.63) is 23.5 Å². The molecule has 2 rings (SSSR count). The molecule has 4 heteroatoms. The van der Waals surface area contributed by atoms with Gasteiger partial charge in [-0.3, -0.25) is 0 Å². The Bertz CT molecular complexity index is 376. The van der Waals surface area contributed by atoms with E-state index in [9.17, 15) is 4.39 Å². The number of methoxy groups -OCH3 is 2. The highest BCUT2D eigenvalue weighted by Crippen LogP contribution is 2.35. The monoisotopic (exact) mass is 225 g/mol. The lowest BCUT2D eigenvalue weighted by Crippen LogP contribution is -2.14. The third-order valence-corrected chi connectivity index (χ3v) is 2.94. The largest absolute Gasteiger partial charge is 0.496 e. The highest BCUT2D eigenvalue weighted by molar-refractivity contribution is 5.43. The summed E-state index contributed by atoms with van der Waals surface area (Å²) in [6.45, 7) is 0.974. The van der Waals surface area contributed by atoms with Crippen molar-refractivity contribution in [2.24, 2.45) is 0 Å². The fraction of sp³-hybridized carbons (Fsp3) is 0.500. The lowest BCUT2D eigenvalue weighted by molar-refractivity contribution is 0.368. The molecular formula is C12H16FNO2. The standard InChI is InChI=1S/C12H16FNO2/c1-15-11-7-12(16-2)9(13)6-8(11)10-4-3-5-14-10/h6-7,10,14H,3-5H2,1-2H3. The number of hydrogen-bond acceptors (Lipinski definition) is 3. The van der Waals surface area contributed by atoms with Gasteiger partial charge in [-0.2, -0.15) is 0 Å². The fourth-order valence-electron chi connectivity index (χ4n) is 2.11. The van der Waals surface area contributed by atoms with Gasteiger partial charge in [0.15, 0.2) is 11.6 Å². The van der Waals surface area contributed by atoms with E-state index in [0.717, 1.165) is 24.9 Å². The van der Waals surface area contributed by atoms with Crippen molar-refractivity contribution in [3.63, 3.8) is 0 Å². The zero-order valence-corrected chi connectivity index (χ0v) is 9.55. The number of nitrogens with one attached hydrogen (secondary N) is 1. The van der Waals surface area contributed by atoms with E-state index in [1.807, 2.05) is 0 Å². The SMILES string of the molecule is COc1cc(OC)c(C2CCCN2)cc1F. The van der Waals surface area contributed by atoms with Gasteiger partial charge in [-0.25, -0.2) is 4.39 Å². The molecule has 1 aliphatic heterocycles. The van der Waals surface area contributed by atoms with Crippen LogP contribution in [-0.4, -0.2) is 20.8 Å². The predicted molar refractivity (Wildman–Crippen MR) is 59.5 cm³/mol. The highest BCUT2D eigenvalue weighted by atomic mass is 19.1. The average Bonchev–Trinajstić information content (AvgIpc) is 2.82. The first-order valence-electron chi connectivity index (χ1n) is 5.41. The summed E-state index contributed by atoms with van der Waals surface area (Å²) in [4.78, 5) is 0. The highest BCUT2D eigenvalue weighted by Gasteiger charge is 2.22. The topological polar surface area (TPSA) is 30.5 Å². The summed E-state index contributed by atoms with van der Waals surface area (Å²) in [5.41, 5.74) is 0.873. The number of rotatable bonds is 3. The van der Waals surface area contributed by atoms with E-state index in [0.29, 0.717) is 5.75 Å². The molecule has 0 amide bonds. The molecule has 1 aromatic rings. The molecule has 16 heavy (non-hydrogen) atoms. The quantitative estimate of drug-likeness (QED) is 0.856. The Hall–Kier alpha value is -1.29. The number of ether oxygens (including phenoxy) is 2. The van der Waals surface area contributed by atoms with E-state index in [1.54, 1.807) is 13.2 Å². The fourth-order valence-corrected chi connectivity index (χ4v) is 2.11. The molecule has 0 aliphatic carbocycles. The van der Waals surface area contributed by atoms with Crippen molar-refractivity contribution >= 4 is 0 Å². The molecule has 1 unspecified atom stereocenters. The minimum absolute atomic E-state index is 0.190. The van der Waals surface area contributed by atoms with Gasteiger partial charge in [-0.15, -0.1) is 0 Å². The van der Waals surface area contributed by atoms with Crippen LogP contribution in [0.2, 0.25) is 0 Å². The van der Waals surface area contributed by atoms with Crippen LogP contribution in [0, 0.1) is 5.82 Å². The van der Waals surface area contributed by atoms with E-state index in [1.165, 1.54) is 13.2 Å². The maximum atomic E-state index is 13.6. The summed E-state index contributed by atoms with van der Waals surface area (Å²) in [5.74, 6) is 0.559. The van der Waals surface area contributed by atoms with Crippen molar-refractivity contribution < 1.29 is 13.9 Å². The first-order chi connectivity index (χ1) is 7.76. The Labute approximate surface area is 94.6 Å². The Morgan fingerprint density at radius 1 is 1.25 bits per heavy atom. The molecule has 0 radical (unpaired) electrons. The van der Waals surface area contributed by atoms with Gasteiger partial charge in [0.1, 0.15) is 5.75 Å². The van der Waals surface area contributed by atoms with E-state index < -0.39 is 0 Å². The van der Waals surface area contributed by atoms with Gasteiger partial charge < -0.3 is 14.8 Å². The molecule has 1 aliphatic rings. The molecule has 1 saturated heterocycles. The molecule has 1 aromatic carbocycles. The van der Waals surface area contributed by atoms with Crippen molar-refractivity contribution in [3.8, 4) is 11.5 Å².